The third-order valence-electron chi connectivity index (χ3n) is 8.41. The van der Waals surface area contributed by atoms with Gasteiger partial charge in [-0.1, -0.05) is 35.6 Å². The topological polar surface area (TPSA) is 110 Å². The lowest BCUT2D eigenvalue weighted by Gasteiger charge is -2.35. The number of imidazole rings is 1. The Morgan fingerprint density at radius 2 is 1.91 bits per heavy atom. The van der Waals surface area contributed by atoms with Crippen LogP contribution in [0, 0.1) is 12.8 Å². The number of carbonyl (C=O) groups excluding carboxylic acids is 1. The fraction of sp³-hybridized carbons (Fsp3) is 0.333. The van der Waals surface area contributed by atoms with E-state index in [0.717, 1.165) is 77.2 Å². The summed E-state index contributed by atoms with van der Waals surface area (Å²) in [5.41, 5.74) is 7.64. The van der Waals surface area contributed by atoms with Crippen LogP contribution in [-0.2, 0) is 17.9 Å². The standard InChI is InChI=1S/C33H33N7O4S2/c1-20-37-40-18-27(36-33(40)46-20)30-15-26-28(43-30)13-25(42-2)14-29(26)44-34-16-24-19-45-31(35-24)22-5-3-21(4-6-22)17-38-9-11-39(12-10-38)32(41)23-7-8-23/h3-6,13-15,18-19,23,34H,7-12,16-17H2,1-2H3. The summed E-state index contributed by atoms with van der Waals surface area (Å²) in [5, 5.41) is 9.20. The van der Waals surface area contributed by atoms with Crippen LogP contribution in [0.1, 0.15) is 29.1 Å². The second kappa shape index (κ2) is 12.1. The van der Waals surface area contributed by atoms with Crippen LogP contribution in [0.3, 0.4) is 0 Å². The predicted octanol–water partition coefficient (Wildman–Crippen LogP) is 5.78. The van der Waals surface area contributed by atoms with E-state index in [9.17, 15) is 4.79 Å². The second-order valence-electron chi connectivity index (χ2n) is 11.8. The summed E-state index contributed by atoms with van der Waals surface area (Å²) in [6.45, 7) is 6.79. The smallest absolute Gasteiger partial charge is 0.225 e. The minimum absolute atomic E-state index is 0.304. The first-order chi connectivity index (χ1) is 22.5. The maximum atomic E-state index is 12.3. The number of amides is 1. The Kier molecular flexibility index (Phi) is 7.68. The molecule has 0 unspecified atom stereocenters. The van der Waals surface area contributed by atoms with Crippen LogP contribution in [0.4, 0.5) is 0 Å². The van der Waals surface area contributed by atoms with Crippen molar-refractivity contribution in [2.45, 2.75) is 32.9 Å². The van der Waals surface area contributed by atoms with E-state index in [1.807, 2.05) is 41.6 Å². The Morgan fingerprint density at radius 1 is 1.09 bits per heavy atom. The Morgan fingerprint density at radius 3 is 2.67 bits per heavy atom. The number of furan rings is 1. The van der Waals surface area contributed by atoms with Crippen molar-refractivity contribution in [1.29, 1.82) is 0 Å². The molecule has 5 heterocycles. The van der Waals surface area contributed by atoms with E-state index in [2.05, 4.69) is 44.7 Å². The number of hydroxylamine groups is 1. The quantitative estimate of drug-likeness (QED) is 0.184. The average Bonchev–Trinajstić information content (AvgIpc) is 3.33. The highest BCUT2D eigenvalue weighted by molar-refractivity contribution is 7.16. The molecule has 1 N–H and O–H groups in total. The van der Waals surface area contributed by atoms with E-state index in [1.165, 1.54) is 16.9 Å². The van der Waals surface area contributed by atoms with Gasteiger partial charge in [-0.15, -0.1) is 11.3 Å². The minimum Gasteiger partial charge on any atom is -0.496 e. The van der Waals surface area contributed by atoms with Crippen LogP contribution in [0.15, 0.2) is 58.5 Å². The summed E-state index contributed by atoms with van der Waals surface area (Å²) in [4.78, 5) is 33.2. The number of aryl methyl sites for hydroxylation is 1. The molecule has 0 atom stereocenters. The number of thiazole rings is 1. The normalized spacial score (nSPS) is 15.7. The first-order valence-electron chi connectivity index (χ1n) is 15.4. The molecule has 1 amide bonds. The molecule has 0 bridgehead atoms. The molecule has 11 nitrogen and oxygen atoms in total. The zero-order valence-electron chi connectivity index (χ0n) is 25.6. The van der Waals surface area contributed by atoms with Gasteiger partial charge in [0, 0.05) is 61.7 Å². The number of aromatic nitrogens is 4. The fourth-order valence-electron chi connectivity index (χ4n) is 5.76. The highest BCUT2D eigenvalue weighted by atomic mass is 32.1. The molecular weight excluding hydrogens is 623 g/mol. The molecule has 236 valence electrons. The number of nitrogens with zero attached hydrogens (tertiary/aromatic N) is 6. The number of hydrogen-bond donors (Lipinski definition) is 1. The van der Waals surface area contributed by atoms with Crippen molar-refractivity contribution in [3.8, 4) is 33.5 Å². The molecule has 46 heavy (non-hydrogen) atoms. The van der Waals surface area contributed by atoms with E-state index < -0.39 is 0 Å². The molecule has 8 rings (SSSR count). The predicted molar refractivity (Wildman–Crippen MR) is 177 cm³/mol. The van der Waals surface area contributed by atoms with Crippen molar-refractivity contribution in [2.24, 2.45) is 5.92 Å². The summed E-state index contributed by atoms with van der Waals surface area (Å²) < 4.78 is 13.4. The SMILES string of the molecule is COc1cc(ONCc2csc(-c3ccc(CN4CCN(C(=O)C5CC5)CC4)cc3)n2)c2cc(-c3cn4nc(C)sc4n3)oc2c1. The summed E-state index contributed by atoms with van der Waals surface area (Å²) in [7, 11) is 1.61. The Balaban J connectivity index is 0.885. The average molecular weight is 656 g/mol. The van der Waals surface area contributed by atoms with Crippen LogP contribution in [0.2, 0.25) is 0 Å². The van der Waals surface area contributed by atoms with Gasteiger partial charge in [0.25, 0.3) is 0 Å². The van der Waals surface area contributed by atoms with E-state index >= 15 is 0 Å². The van der Waals surface area contributed by atoms with Crippen LogP contribution in [0.25, 0.3) is 38.0 Å². The number of methoxy groups -OCH3 is 1. The molecule has 2 aromatic carbocycles. The molecule has 2 aliphatic rings. The monoisotopic (exact) mass is 655 g/mol. The van der Waals surface area contributed by atoms with Gasteiger partial charge >= 0.3 is 0 Å². The van der Waals surface area contributed by atoms with Crippen LogP contribution >= 0.6 is 22.7 Å². The number of carbonyl (C=O) groups is 1. The fourth-order valence-corrected chi connectivity index (χ4v) is 7.31. The number of nitrogens with one attached hydrogen (secondary N) is 1. The van der Waals surface area contributed by atoms with Crippen LogP contribution < -0.4 is 15.1 Å². The molecule has 2 fully saturated rings. The van der Waals surface area contributed by atoms with Gasteiger partial charge in [-0.2, -0.15) is 10.6 Å². The van der Waals surface area contributed by atoms with Gasteiger partial charge in [0.05, 0.1) is 30.9 Å². The van der Waals surface area contributed by atoms with Crippen LogP contribution in [0.5, 0.6) is 11.5 Å². The lowest BCUT2D eigenvalue weighted by atomic mass is 10.1. The largest absolute Gasteiger partial charge is 0.496 e. The van der Waals surface area contributed by atoms with E-state index in [0.29, 0.717) is 46.9 Å². The van der Waals surface area contributed by atoms with E-state index in [-0.39, 0.29) is 0 Å². The molecular formula is C33H33N7O4S2. The Labute approximate surface area is 273 Å². The summed E-state index contributed by atoms with van der Waals surface area (Å²) in [6.07, 6.45) is 4.00. The zero-order valence-corrected chi connectivity index (χ0v) is 27.2. The highest BCUT2D eigenvalue weighted by Crippen LogP contribution is 2.37. The highest BCUT2D eigenvalue weighted by Gasteiger charge is 2.34. The summed E-state index contributed by atoms with van der Waals surface area (Å²) in [5.74, 6) is 2.50. The summed E-state index contributed by atoms with van der Waals surface area (Å²) >= 11 is 3.14. The molecule has 13 heteroatoms. The molecule has 1 aliphatic heterocycles. The number of fused-ring (bicyclic) bond motifs is 2. The first-order valence-corrected chi connectivity index (χ1v) is 17.1. The maximum absolute atomic E-state index is 12.3. The van der Waals surface area contributed by atoms with Crippen molar-refractivity contribution in [3.05, 3.63) is 70.3 Å². The van der Waals surface area contributed by atoms with Crippen molar-refractivity contribution in [3.63, 3.8) is 0 Å². The molecule has 0 radical (unpaired) electrons. The molecule has 0 spiro atoms. The number of rotatable bonds is 10. The summed E-state index contributed by atoms with van der Waals surface area (Å²) in [6, 6.07) is 14.2. The third kappa shape index (κ3) is 5.98. The number of ether oxygens (including phenoxy) is 1. The maximum Gasteiger partial charge on any atom is 0.225 e. The van der Waals surface area contributed by atoms with E-state index in [1.54, 1.807) is 23.0 Å². The van der Waals surface area contributed by atoms with Gasteiger partial charge < -0.3 is 18.9 Å². The Hall–Kier alpha value is -4.30. The number of piperazine rings is 1. The molecule has 1 saturated heterocycles. The first kappa shape index (κ1) is 29.1. The van der Waals surface area contributed by atoms with Gasteiger partial charge in [-0.25, -0.2) is 14.5 Å². The van der Waals surface area contributed by atoms with Gasteiger partial charge in [0.1, 0.15) is 27.0 Å². The number of benzene rings is 2. The molecule has 6 aromatic rings. The molecule has 1 aliphatic carbocycles. The van der Waals surface area contributed by atoms with E-state index in [4.69, 9.17) is 19.0 Å². The third-order valence-corrected chi connectivity index (χ3v) is 10.2. The second-order valence-corrected chi connectivity index (χ2v) is 13.8. The lowest BCUT2D eigenvalue weighted by molar-refractivity contribution is -0.134. The molecule has 4 aromatic heterocycles. The lowest BCUT2D eigenvalue weighted by Crippen LogP contribution is -2.48. The number of hydrogen-bond acceptors (Lipinski definition) is 11. The van der Waals surface area contributed by atoms with Crippen molar-refractivity contribution >= 4 is 44.5 Å². The van der Waals surface area contributed by atoms with Crippen molar-refractivity contribution in [1.82, 2.24) is 34.9 Å². The molecule has 1 saturated carbocycles. The van der Waals surface area contributed by atoms with Gasteiger partial charge in [-0.05, 0) is 31.4 Å². The van der Waals surface area contributed by atoms with Crippen molar-refractivity contribution < 1.29 is 18.8 Å². The zero-order chi connectivity index (χ0) is 31.2. The Bertz CT molecular complexity index is 1990. The minimum atomic E-state index is 0.304. The van der Waals surface area contributed by atoms with Gasteiger partial charge in [0.15, 0.2) is 11.5 Å². The van der Waals surface area contributed by atoms with Gasteiger partial charge in [-0.3, -0.25) is 9.69 Å². The van der Waals surface area contributed by atoms with Gasteiger partial charge in [0.2, 0.25) is 10.9 Å². The van der Waals surface area contributed by atoms with Crippen molar-refractivity contribution in [2.75, 3.05) is 33.3 Å². The van der Waals surface area contributed by atoms with Crippen LogP contribution in [-0.4, -0.2) is 68.6 Å².